The van der Waals surface area contributed by atoms with Crippen LogP contribution in [0.2, 0.25) is 0 Å². The average Bonchev–Trinajstić information content (AvgIpc) is 3.79. The van der Waals surface area contributed by atoms with Crippen molar-refractivity contribution in [3.63, 3.8) is 0 Å². The van der Waals surface area contributed by atoms with Crippen molar-refractivity contribution >= 4 is 40.7 Å². The molecule has 0 saturated carbocycles. The molecule has 298 valence electrons. The summed E-state index contributed by atoms with van der Waals surface area (Å²) in [6.07, 6.45) is 0.389. The lowest BCUT2D eigenvalue weighted by molar-refractivity contribution is -0.144. The van der Waals surface area contributed by atoms with Gasteiger partial charge < -0.3 is 36.2 Å². The van der Waals surface area contributed by atoms with Crippen molar-refractivity contribution in [1.82, 2.24) is 36.1 Å². The number of hydrogen-bond donors (Lipinski definition) is 5. The number of hydrogen-bond acceptors (Lipinski definition) is 10. The van der Waals surface area contributed by atoms with Crippen LogP contribution in [0.15, 0.2) is 54.0 Å². The molecule has 2 aliphatic heterocycles. The minimum absolute atomic E-state index is 0.0123. The predicted molar refractivity (Wildman–Crippen MR) is 217 cm³/mol. The predicted octanol–water partition coefficient (Wildman–Crippen LogP) is 2.82. The van der Waals surface area contributed by atoms with Gasteiger partial charge in [-0.1, -0.05) is 45.0 Å². The van der Waals surface area contributed by atoms with Crippen LogP contribution in [0.4, 0.5) is 5.69 Å². The minimum Gasteiger partial charge on any atom is -0.391 e. The fourth-order valence-electron chi connectivity index (χ4n) is 7.08. The first-order chi connectivity index (χ1) is 26.3. The number of thiazole rings is 1. The standard InChI is InChI=1S/C41H58N8O5S/c1-28-36(55-27-45-28)30-10-8-29(9-11-30)16-18-44-39(53)34-25-33(50)26-49(34)40(54)37(41(2,3)4)46-35(51)7-6-17-43-38(52)31-12-14-32(15-13-31)48-23-21-47(22-24-48)20-19-42-5/h8-15,27,33-34,37,42,50H,6-7,16-26H2,1-5H3,(H,43,52)(H,44,53)(H,46,51)/t33-,34-,37+/m0/s1. The van der Waals surface area contributed by atoms with Gasteiger partial charge in [0.25, 0.3) is 5.91 Å². The van der Waals surface area contributed by atoms with Gasteiger partial charge in [0.1, 0.15) is 12.1 Å². The first-order valence-corrected chi connectivity index (χ1v) is 20.3. The summed E-state index contributed by atoms with van der Waals surface area (Å²) in [7, 11) is 1.97. The Balaban J connectivity index is 1.06. The van der Waals surface area contributed by atoms with Crippen molar-refractivity contribution in [2.75, 3.05) is 70.9 Å². The molecular weight excluding hydrogens is 717 g/mol. The molecular formula is C41H58N8O5S. The Bertz CT molecular complexity index is 1730. The van der Waals surface area contributed by atoms with Gasteiger partial charge in [0.2, 0.25) is 17.7 Å². The molecule has 5 rings (SSSR count). The van der Waals surface area contributed by atoms with E-state index in [0.29, 0.717) is 31.5 Å². The van der Waals surface area contributed by atoms with Crippen LogP contribution < -0.4 is 26.2 Å². The molecule has 2 saturated heterocycles. The third-order valence-corrected chi connectivity index (χ3v) is 11.3. The van der Waals surface area contributed by atoms with Gasteiger partial charge in [-0.2, -0.15) is 0 Å². The van der Waals surface area contributed by atoms with Gasteiger partial charge in [0.05, 0.1) is 22.2 Å². The summed E-state index contributed by atoms with van der Waals surface area (Å²) in [5.41, 5.74) is 5.99. The second-order valence-electron chi connectivity index (χ2n) is 15.6. The molecule has 1 aromatic heterocycles. The molecule has 2 aromatic carbocycles. The molecule has 0 aliphatic carbocycles. The van der Waals surface area contributed by atoms with Gasteiger partial charge in [-0.15, -0.1) is 11.3 Å². The number of aliphatic hydroxyl groups is 1. The molecule has 3 atom stereocenters. The normalized spacial score (nSPS) is 18.2. The fraction of sp³-hybridized carbons (Fsp3) is 0.537. The number of nitrogens with one attached hydrogen (secondary N) is 4. The van der Waals surface area contributed by atoms with E-state index in [4.69, 9.17) is 0 Å². The van der Waals surface area contributed by atoms with Gasteiger partial charge in [0, 0.05) is 83.0 Å². The molecule has 4 amide bonds. The van der Waals surface area contributed by atoms with E-state index >= 15 is 0 Å². The third kappa shape index (κ3) is 11.6. The number of anilines is 1. The number of amides is 4. The summed E-state index contributed by atoms with van der Waals surface area (Å²) in [4.78, 5) is 64.9. The highest BCUT2D eigenvalue weighted by Crippen LogP contribution is 2.28. The Hall–Kier alpha value is -4.37. The first-order valence-electron chi connectivity index (χ1n) is 19.4. The SMILES string of the molecule is CNCCN1CCN(c2ccc(C(=O)NCCCC(=O)N[C@H](C(=O)N3C[C@@H](O)C[C@H]3C(=O)NCCc3ccc(-c4scnc4C)cc3)C(C)(C)C)cc2)CC1. The van der Waals surface area contributed by atoms with Crippen LogP contribution in [0.5, 0.6) is 0 Å². The Labute approximate surface area is 329 Å². The van der Waals surface area contributed by atoms with Crippen LogP contribution in [0, 0.1) is 12.3 Å². The molecule has 2 fully saturated rings. The first kappa shape index (κ1) is 41.8. The lowest BCUT2D eigenvalue weighted by atomic mass is 9.85. The van der Waals surface area contributed by atoms with Gasteiger partial charge in [-0.3, -0.25) is 24.1 Å². The summed E-state index contributed by atoms with van der Waals surface area (Å²) in [5, 5.41) is 22.5. The maximum absolute atomic E-state index is 13.9. The fourth-order valence-corrected chi connectivity index (χ4v) is 7.89. The van der Waals surface area contributed by atoms with Crippen molar-refractivity contribution in [2.24, 2.45) is 5.41 Å². The molecule has 0 radical (unpaired) electrons. The number of aromatic nitrogens is 1. The van der Waals surface area contributed by atoms with E-state index in [0.717, 1.165) is 66.7 Å². The van der Waals surface area contributed by atoms with E-state index in [1.54, 1.807) is 11.3 Å². The number of piperazine rings is 1. The third-order valence-electron chi connectivity index (χ3n) is 10.4. The summed E-state index contributed by atoms with van der Waals surface area (Å²) in [6.45, 7) is 14.2. The van der Waals surface area contributed by atoms with Crippen molar-refractivity contribution in [3.05, 3.63) is 70.9 Å². The molecule has 0 unspecified atom stereocenters. The molecule has 3 aromatic rings. The van der Waals surface area contributed by atoms with Crippen LogP contribution >= 0.6 is 11.3 Å². The van der Waals surface area contributed by atoms with E-state index in [1.807, 2.05) is 76.7 Å². The minimum atomic E-state index is -0.911. The number of β-amino-alcohol motifs (C(OH)–C–C–N with tert-alkyl or cyclic N) is 1. The summed E-state index contributed by atoms with van der Waals surface area (Å²) < 4.78 is 0. The maximum Gasteiger partial charge on any atom is 0.251 e. The van der Waals surface area contributed by atoms with Crippen molar-refractivity contribution in [2.45, 2.75) is 71.6 Å². The zero-order chi connectivity index (χ0) is 39.5. The molecule has 3 heterocycles. The smallest absolute Gasteiger partial charge is 0.251 e. The van der Waals surface area contributed by atoms with Crippen LogP contribution in [0.1, 0.15) is 61.6 Å². The molecule has 14 heteroatoms. The Morgan fingerprint density at radius 2 is 1.65 bits per heavy atom. The number of benzene rings is 2. The zero-order valence-electron chi connectivity index (χ0n) is 32.9. The number of aryl methyl sites for hydroxylation is 1. The van der Waals surface area contributed by atoms with E-state index in [9.17, 15) is 24.3 Å². The van der Waals surface area contributed by atoms with Crippen LogP contribution in [-0.2, 0) is 20.8 Å². The maximum atomic E-state index is 13.9. The molecule has 0 bridgehead atoms. The van der Waals surface area contributed by atoms with Crippen LogP contribution in [0.3, 0.4) is 0 Å². The number of carbonyl (C=O) groups is 4. The highest BCUT2D eigenvalue weighted by atomic mass is 32.1. The number of carbonyl (C=O) groups excluding carboxylic acids is 4. The molecule has 5 N–H and O–H groups in total. The quantitative estimate of drug-likeness (QED) is 0.138. The molecule has 55 heavy (non-hydrogen) atoms. The lowest BCUT2D eigenvalue weighted by Crippen LogP contribution is -2.57. The van der Waals surface area contributed by atoms with Gasteiger partial charge in [0.15, 0.2) is 0 Å². The Morgan fingerprint density at radius 3 is 2.29 bits per heavy atom. The van der Waals surface area contributed by atoms with E-state index in [1.165, 1.54) is 4.90 Å². The molecule has 13 nitrogen and oxygen atoms in total. The molecule has 2 aliphatic rings. The highest BCUT2D eigenvalue weighted by molar-refractivity contribution is 7.13. The Kier molecular flexibility index (Phi) is 14.8. The van der Waals surface area contributed by atoms with E-state index in [2.05, 4.69) is 48.2 Å². The van der Waals surface area contributed by atoms with E-state index in [-0.39, 0.29) is 37.1 Å². The average molecular weight is 775 g/mol. The zero-order valence-corrected chi connectivity index (χ0v) is 33.7. The van der Waals surface area contributed by atoms with Gasteiger partial charge >= 0.3 is 0 Å². The second kappa shape index (κ2) is 19.5. The highest BCUT2D eigenvalue weighted by Gasteiger charge is 2.44. The summed E-state index contributed by atoms with van der Waals surface area (Å²) >= 11 is 1.60. The number of nitrogens with zero attached hydrogens (tertiary/aromatic N) is 4. The summed E-state index contributed by atoms with van der Waals surface area (Å²) in [6, 6.07) is 14.0. The lowest BCUT2D eigenvalue weighted by Gasteiger charge is -2.36. The van der Waals surface area contributed by atoms with Crippen molar-refractivity contribution in [1.29, 1.82) is 0 Å². The second-order valence-corrected chi connectivity index (χ2v) is 16.5. The van der Waals surface area contributed by atoms with Gasteiger partial charge in [-0.25, -0.2) is 4.98 Å². The largest absolute Gasteiger partial charge is 0.391 e. The number of likely N-dealkylation sites (tertiary alicyclic amines) is 1. The number of likely N-dealkylation sites (N-methyl/N-ethyl adjacent to an activating group) is 1. The molecule has 0 spiro atoms. The summed E-state index contributed by atoms with van der Waals surface area (Å²) in [5.74, 6) is -1.26. The van der Waals surface area contributed by atoms with Crippen molar-refractivity contribution < 1.29 is 24.3 Å². The number of rotatable bonds is 16. The van der Waals surface area contributed by atoms with Gasteiger partial charge in [-0.05, 0) is 67.6 Å². The van der Waals surface area contributed by atoms with E-state index < -0.39 is 29.5 Å². The van der Waals surface area contributed by atoms with Crippen LogP contribution in [0.25, 0.3) is 10.4 Å². The van der Waals surface area contributed by atoms with Crippen LogP contribution in [-0.4, -0.2) is 128 Å². The Morgan fingerprint density at radius 1 is 0.945 bits per heavy atom. The monoisotopic (exact) mass is 774 g/mol. The van der Waals surface area contributed by atoms with Crippen molar-refractivity contribution in [3.8, 4) is 10.4 Å². The topological polar surface area (TPSA) is 159 Å². The number of aliphatic hydroxyl groups excluding tert-OH is 1.